The van der Waals surface area contributed by atoms with Gasteiger partial charge in [-0.2, -0.15) is 13.2 Å². The van der Waals surface area contributed by atoms with E-state index in [9.17, 15) is 22.4 Å². The number of carbonyl (C=O) groups is 1. The van der Waals surface area contributed by atoms with Gasteiger partial charge in [0.15, 0.2) is 0 Å². The van der Waals surface area contributed by atoms with E-state index >= 15 is 0 Å². The highest BCUT2D eigenvalue weighted by atomic mass is 19.4. The highest BCUT2D eigenvalue weighted by molar-refractivity contribution is 5.94. The van der Waals surface area contributed by atoms with Crippen LogP contribution in [-0.4, -0.2) is 11.9 Å². The molecule has 0 saturated heterocycles. The molecule has 20 heavy (non-hydrogen) atoms. The Balaban J connectivity index is 2.16. The molecular formula is C14H15F4NO. The van der Waals surface area contributed by atoms with Crippen molar-refractivity contribution in [2.45, 2.75) is 44.3 Å². The van der Waals surface area contributed by atoms with Crippen molar-refractivity contribution in [1.82, 2.24) is 5.32 Å². The van der Waals surface area contributed by atoms with Crippen LogP contribution in [0.2, 0.25) is 0 Å². The summed E-state index contributed by atoms with van der Waals surface area (Å²) < 4.78 is 51.2. The van der Waals surface area contributed by atoms with E-state index in [1.807, 2.05) is 0 Å². The van der Waals surface area contributed by atoms with Crippen molar-refractivity contribution in [3.05, 3.63) is 35.1 Å². The van der Waals surface area contributed by atoms with E-state index < -0.39 is 29.0 Å². The summed E-state index contributed by atoms with van der Waals surface area (Å²) in [7, 11) is 0. The Hall–Kier alpha value is -1.59. The third kappa shape index (κ3) is 3.49. The van der Waals surface area contributed by atoms with Crippen molar-refractivity contribution in [2.75, 3.05) is 0 Å². The van der Waals surface area contributed by atoms with Gasteiger partial charge in [-0.1, -0.05) is 19.3 Å². The maximum Gasteiger partial charge on any atom is 0.416 e. The number of nitrogens with one attached hydrogen (secondary N) is 1. The molecule has 0 atom stereocenters. The lowest BCUT2D eigenvalue weighted by molar-refractivity contribution is -0.137. The molecule has 6 heteroatoms. The van der Waals surface area contributed by atoms with Gasteiger partial charge in [0.25, 0.3) is 5.91 Å². The smallest absolute Gasteiger partial charge is 0.349 e. The predicted octanol–water partition coefficient (Wildman–Crippen LogP) is 3.91. The monoisotopic (exact) mass is 289 g/mol. The number of rotatable bonds is 2. The van der Waals surface area contributed by atoms with Gasteiger partial charge in [0.2, 0.25) is 0 Å². The van der Waals surface area contributed by atoms with Crippen molar-refractivity contribution in [1.29, 1.82) is 0 Å². The molecule has 2 nitrogen and oxygen atoms in total. The van der Waals surface area contributed by atoms with Gasteiger partial charge in [-0.25, -0.2) is 4.39 Å². The van der Waals surface area contributed by atoms with E-state index in [-0.39, 0.29) is 6.04 Å². The predicted molar refractivity (Wildman–Crippen MR) is 65.7 cm³/mol. The Labute approximate surface area is 114 Å². The summed E-state index contributed by atoms with van der Waals surface area (Å²) in [6, 6.07) is 1.80. The lowest BCUT2D eigenvalue weighted by Crippen LogP contribution is -2.36. The third-order valence-electron chi connectivity index (χ3n) is 3.48. The first-order chi connectivity index (χ1) is 9.38. The Morgan fingerprint density at radius 3 is 2.40 bits per heavy atom. The fourth-order valence-corrected chi connectivity index (χ4v) is 2.39. The molecule has 0 spiro atoms. The molecule has 110 valence electrons. The molecule has 1 aliphatic rings. The number of carbonyl (C=O) groups excluding carboxylic acids is 1. The Bertz CT molecular complexity index is 492. The third-order valence-corrected chi connectivity index (χ3v) is 3.48. The zero-order valence-corrected chi connectivity index (χ0v) is 10.8. The van der Waals surface area contributed by atoms with Crippen LogP contribution in [-0.2, 0) is 6.18 Å². The Kier molecular flexibility index (Phi) is 4.30. The second kappa shape index (κ2) is 5.81. The first-order valence-corrected chi connectivity index (χ1v) is 6.55. The number of alkyl halides is 3. The summed E-state index contributed by atoms with van der Waals surface area (Å²) in [6.07, 6.45) is 0.00252. The van der Waals surface area contributed by atoms with Crippen LogP contribution >= 0.6 is 0 Å². The summed E-state index contributed by atoms with van der Waals surface area (Å²) in [5.74, 6) is -1.72. The quantitative estimate of drug-likeness (QED) is 0.822. The first-order valence-electron chi connectivity index (χ1n) is 6.55. The molecular weight excluding hydrogens is 274 g/mol. The molecule has 1 amide bonds. The van der Waals surface area contributed by atoms with Crippen LogP contribution in [0.4, 0.5) is 17.6 Å². The number of halogens is 4. The number of amides is 1. The fraction of sp³-hybridized carbons (Fsp3) is 0.500. The minimum absolute atomic E-state index is 0.0785. The number of hydrogen-bond acceptors (Lipinski definition) is 1. The molecule has 1 aliphatic carbocycles. The van der Waals surface area contributed by atoms with Crippen LogP contribution in [0.3, 0.4) is 0 Å². The SMILES string of the molecule is O=C(NC1CCCCC1)c1cc(C(F)(F)F)ccc1F. The van der Waals surface area contributed by atoms with Gasteiger partial charge in [-0.3, -0.25) is 4.79 Å². The second-order valence-electron chi connectivity index (χ2n) is 5.00. The molecule has 0 radical (unpaired) electrons. The van der Waals surface area contributed by atoms with Crippen molar-refractivity contribution in [3.8, 4) is 0 Å². The molecule has 2 rings (SSSR count). The zero-order valence-electron chi connectivity index (χ0n) is 10.8. The van der Waals surface area contributed by atoms with Crippen molar-refractivity contribution in [3.63, 3.8) is 0 Å². The van der Waals surface area contributed by atoms with E-state index in [1.54, 1.807) is 0 Å². The Morgan fingerprint density at radius 1 is 1.15 bits per heavy atom. The maximum atomic E-state index is 13.5. The van der Waals surface area contributed by atoms with Crippen LogP contribution in [0.5, 0.6) is 0 Å². The summed E-state index contributed by atoms with van der Waals surface area (Å²) in [5.41, 5.74) is -1.57. The standard InChI is InChI=1S/C14H15F4NO/c15-12-7-6-9(14(16,17)18)8-11(12)13(20)19-10-4-2-1-3-5-10/h6-8,10H,1-5H2,(H,19,20). The van der Waals surface area contributed by atoms with Crippen LogP contribution in [0.25, 0.3) is 0 Å². The van der Waals surface area contributed by atoms with Gasteiger partial charge in [-0.05, 0) is 31.0 Å². The summed E-state index contributed by atoms with van der Waals surface area (Å²) in [5, 5.41) is 2.61. The second-order valence-corrected chi connectivity index (χ2v) is 5.00. The van der Waals surface area contributed by atoms with Gasteiger partial charge < -0.3 is 5.32 Å². The fourth-order valence-electron chi connectivity index (χ4n) is 2.39. The first kappa shape index (κ1) is 14.8. The molecule has 0 aliphatic heterocycles. The molecule has 1 N–H and O–H groups in total. The molecule has 0 bridgehead atoms. The minimum Gasteiger partial charge on any atom is -0.349 e. The lowest BCUT2D eigenvalue weighted by atomic mass is 9.95. The highest BCUT2D eigenvalue weighted by Gasteiger charge is 2.32. The molecule has 1 aromatic rings. The van der Waals surface area contributed by atoms with Crippen LogP contribution in [0.1, 0.15) is 48.0 Å². The molecule has 0 aromatic heterocycles. The van der Waals surface area contributed by atoms with Crippen LogP contribution in [0.15, 0.2) is 18.2 Å². The average Bonchev–Trinajstić information content (AvgIpc) is 2.39. The normalized spacial score (nSPS) is 17.0. The molecule has 1 fully saturated rings. The van der Waals surface area contributed by atoms with Crippen molar-refractivity contribution >= 4 is 5.91 Å². The number of benzene rings is 1. The van der Waals surface area contributed by atoms with Crippen LogP contribution in [0, 0.1) is 5.82 Å². The summed E-state index contributed by atoms with van der Waals surface area (Å²) in [6.45, 7) is 0. The highest BCUT2D eigenvalue weighted by Crippen LogP contribution is 2.30. The van der Waals surface area contributed by atoms with Gasteiger partial charge in [0.05, 0.1) is 11.1 Å². The van der Waals surface area contributed by atoms with Gasteiger partial charge >= 0.3 is 6.18 Å². The van der Waals surface area contributed by atoms with Gasteiger partial charge in [-0.15, -0.1) is 0 Å². The minimum atomic E-state index is -4.59. The average molecular weight is 289 g/mol. The van der Waals surface area contributed by atoms with Crippen molar-refractivity contribution < 1.29 is 22.4 Å². The lowest BCUT2D eigenvalue weighted by Gasteiger charge is -2.23. The summed E-state index contributed by atoms with van der Waals surface area (Å²) >= 11 is 0. The zero-order chi connectivity index (χ0) is 14.8. The van der Waals surface area contributed by atoms with Crippen LogP contribution < -0.4 is 5.32 Å². The Morgan fingerprint density at radius 2 is 1.80 bits per heavy atom. The number of hydrogen-bond donors (Lipinski definition) is 1. The van der Waals surface area contributed by atoms with Crippen molar-refractivity contribution in [2.24, 2.45) is 0 Å². The molecule has 0 heterocycles. The van der Waals surface area contributed by atoms with Gasteiger partial charge in [0.1, 0.15) is 5.82 Å². The molecule has 1 saturated carbocycles. The molecule has 1 aromatic carbocycles. The van der Waals surface area contributed by atoms with E-state index in [0.29, 0.717) is 18.2 Å². The summed E-state index contributed by atoms with van der Waals surface area (Å²) in [4.78, 5) is 11.9. The van der Waals surface area contributed by atoms with Gasteiger partial charge in [0, 0.05) is 6.04 Å². The van der Waals surface area contributed by atoms with E-state index in [0.717, 1.165) is 32.1 Å². The topological polar surface area (TPSA) is 29.1 Å². The van der Waals surface area contributed by atoms with E-state index in [2.05, 4.69) is 5.32 Å². The van der Waals surface area contributed by atoms with E-state index in [4.69, 9.17) is 0 Å². The maximum absolute atomic E-state index is 13.5. The molecule has 0 unspecified atom stereocenters. The van der Waals surface area contributed by atoms with E-state index in [1.165, 1.54) is 0 Å². The largest absolute Gasteiger partial charge is 0.416 e.